The number of rotatable bonds is 5. The maximum atomic E-state index is 5.65. The highest BCUT2D eigenvalue weighted by Crippen LogP contribution is 2.39. The van der Waals surface area contributed by atoms with Crippen LogP contribution in [0, 0.1) is 6.92 Å². The molecule has 0 unspecified atom stereocenters. The first kappa shape index (κ1) is 17.4. The summed E-state index contributed by atoms with van der Waals surface area (Å²) in [5.74, 6) is 2.28. The fourth-order valence-corrected chi connectivity index (χ4v) is 3.58. The molecule has 2 heterocycles. The van der Waals surface area contributed by atoms with Crippen molar-refractivity contribution in [2.24, 2.45) is 0 Å². The van der Waals surface area contributed by atoms with Crippen molar-refractivity contribution in [1.29, 1.82) is 0 Å². The molecule has 27 heavy (non-hydrogen) atoms. The van der Waals surface area contributed by atoms with Gasteiger partial charge in [0.15, 0.2) is 11.5 Å². The lowest BCUT2D eigenvalue weighted by atomic mass is 9.93. The summed E-state index contributed by atoms with van der Waals surface area (Å²) in [6, 6.07) is 15.0. The average molecular weight is 364 g/mol. The second-order valence-electron chi connectivity index (χ2n) is 6.73. The molecule has 1 aliphatic rings. The van der Waals surface area contributed by atoms with E-state index in [1.54, 1.807) is 13.4 Å². The third kappa shape index (κ3) is 3.35. The minimum absolute atomic E-state index is 0.0691. The number of nitrogens with zero attached hydrogens (tertiary/aromatic N) is 3. The van der Waals surface area contributed by atoms with Crippen molar-refractivity contribution >= 4 is 5.95 Å². The number of anilines is 1. The molecule has 0 amide bonds. The van der Waals surface area contributed by atoms with E-state index < -0.39 is 0 Å². The topological polar surface area (TPSA) is 61.2 Å². The number of hydrogen-bond donors (Lipinski definition) is 1. The Kier molecular flexibility index (Phi) is 4.71. The number of fused-ring (bicyclic) bond motifs is 1. The summed E-state index contributed by atoms with van der Waals surface area (Å²) in [5, 5.41) is 7.95. The van der Waals surface area contributed by atoms with Gasteiger partial charge in [-0.3, -0.25) is 0 Å². The minimum Gasteiger partial charge on any atom is -0.493 e. The summed E-state index contributed by atoms with van der Waals surface area (Å²) >= 11 is 0. The van der Waals surface area contributed by atoms with Gasteiger partial charge in [0.05, 0.1) is 25.8 Å². The van der Waals surface area contributed by atoms with Gasteiger partial charge in [-0.05, 0) is 43.5 Å². The Morgan fingerprint density at radius 2 is 1.89 bits per heavy atom. The second-order valence-corrected chi connectivity index (χ2v) is 6.73. The first-order valence-electron chi connectivity index (χ1n) is 9.23. The molecule has 0 saturated carbocycles. The number of hydrogen-bond acceptors (Lipinski definition) is 5. The lowest BCUT2D eigenvalue weighted by molar-refractivity contribution is 0.310. The molecule has 0 radical (unpaired) electrons. The van der Waals surface area contributed by atoms with Crippen LogP contribution in [0.15, 0.2) is 48.8 Å². The molecule has 6 heteroatoms. The van der Waals surface area contributed by atoms with E-state index in [9.17, 15) is 0 Å². The number of aromatic nitrogens is 3. The molecule has 3 aromatic rings. The van der Waals surface area contributed by atoms with Crippen LogP contribution in [-0.2, 0) is 0 Å². The maximum Gasteiger partial charge on any atom is 0.222 e. The van der Waals surface area contributed by atoms with E-state index in [1.165, 1.54) is 11.1 Å². The Morgan fingerprint density at radius 3 is 2.63 bits per heavy atom. The number of benzene rings is 2. The van der Waals surface area contributed by atoms with Crippen LogP contribution >= 0.6 is 0 Å². The van der Waals surface area contributed by atoms with E-state index in [-0.39, 0.29) is 12.1 Å². The van der Waals surface area contributed by atoms with E-state index in [1.807, 2.05) is 23.7 Å². The van der Waals surface area contributed by atoms with Crippen LogP contribution in [-0.4, -0.2) is 28.5 Å². The van der Waals surface area contributed by atoms with Gasteiger partial charge in [0.1, 0.15) is 6.33 Å². The third-order valence-electron chi connectivity index (χ3n) is 4.98. The predicted octanol–water partition coefficient (Wildman–Crippen LogP) is 4.14. The normalized spacial score (nSPS) is 18.5. The quantitative estimate of drug-likeness (QED) is 0.737. The number of methoxy groups -OCH3 is 1. The Morgan fingerprint density at radius 1 is 1.11 bits per heavy atom. The lowest BCUT2D eigenvalue weighted by Crippen LogP contribution is -2.28. The molecular weight excluding hydrogens is 340 g/mol. The highest BCUT2D eigenvalue weighted by atomic mass is 16.5. The Bertz CT molecular complexity index is 920. The van der Waals surface area contributed by atoms with Crippen molar-refractivity contribution in [1.82, 2.24) is 14.8 Å². The summed E-state index contributed by atoms with van der Waals surface area (Å²) in [5.41, 5.74) is 3.63. The van der Waals surface area contributed by atoms with Gasteiger partial charge in [-0.25, -0.2) is 4.68 Å². The molecule has 0 bridgehead atoms. The molecule has 140 valence electrons. The van der Waals surface area contributed by atoms with Crippen molar-refractivity contribution in [3.05, 3.63) is 65.5 Å². The fourth-order valence-electron chi connectivity index (χ4n) is 3.58. The monoisotopic (exact) mass is 364 g/mol. The molecule has 2 atom stereocenters. The SMILES string of the molecule is CCOc1ccc([C@@H]2C[C@@H](c3ccc(C)cc3)Nc3ncnn32)cc1OC. The molecule has 0 fully saturated rings. The number of nitrogens with one attached hydrogen (secondary N) is 1. The van der Waals surface area contributed by atoms with Crippen molar-refractivity contribution in [3.8, 4) is 11.5 Å². The Labute approximate surface area is 159 Å². The van der Waals surface area contributed by atoms with Crippen molar-refractivity contribution in [2.45, 2.75) is 32.4 Å². The summed E-state index contributed by atoms with van der Waals surface area (Å²) in [6.07, 6.45) is 2.47. The van der Waals surface area contributed by atoms with Gasteiger partial charge in [0, 0.05) is 0 Å². The first-order valence-corrected chi connectivity index (χ1v) is 9.23. The van der Waals surface area contributed by atoms with E-state index >= 15 is 0 Å². The molecule has 6 nitrogen and oxygen atoms in total. The largest absolute Gasteiger partial charge is 0.493 e. The highest BCUT2D eigenvalue weighted by molar-refractivity contribution is 5.46. The van der Waals surface area contributed by atoms with Crippen LogP contribution in [0.25, 0.3) is 0 Å². The summed E-state index contributed by atoms with van der Waals surface area (Å²) in [4.78, 5) is 4.40. The van der Waals surface area contributed by atoms with E-state index in [0.29, 0.717) is 6.61 Å². The molecule has 4 rings (SSSR count). The molecule has 2 aromatic carbocycles. The van der Waals surface area contributed by atoms with Crippen molar-refractivity contribution in [3.63, 3.8) is 0 Å². The van der Waals surface area contributed by atoms with E-state index in [0.717, 1.165) is 29.4 Å². The fraction of sp³-hybridized carbons (Fsp3) is 0.333. The Balaban J connectivity index is 1.70. The summed E-state index contributed by atoms with van der Waals surface area (Å²) in [6.45, 7) is 4.67. The summed E-state index contributed by atoms with van der Waals surface area (Å²) in [7, 11) is 1.67. The van der Waals surface area contributed by atoms with Gasteiger partial charge < -0.3 is 14.8 Å². The van der Waals surface area contributed by atoms with Gasteiger partial charge in [0.25, 0.3) is 0 Å². The van der Waals surface area contributed by atoms with Gasteiger partial charge >= 0.3 is 0 Å². The second kappa shape index (κ2) is 7.31. The zero-order chi connectivity index (χ0) is 18.8. The summed E-state index contributed by atoms with van der Waals surface area (Å²) < 4.78 is 13.1. The van der Waals surface area contributed by atoms with Crippen LogP contribution in [0.3, 0.4) is 0 Å². The van der Waals surface area contributed by atoms with Crippen molar-refractivity contribution < 1.29 is 9.47 Å². The molecule has 1 aromatic heterocycles. The number of ether oxygens (including phenoxy) is 2. The van der Waals surface area contributed by atoms with Gasteiger partial charge in [-0.2, -0.15) is 10.1 Å². The third-order valence-corrected chi connectivity index (χ3v) is 4.98. The highest BCUT2D eigenvalue weighted by Gasteiger charge is 2.30. The molecule has 0 spiro atoms. The van der Waals surface area contributed by atoms with Crippen molar-refractivity contribution in [2.75, 3.05) is 19.0 Å². The minimum atomic E-state index is 0.0691. The first-order chi connectivity index (χ1) is 13.2. The maximum absolute atomic E-state index is 5.65. The number of aryl methyl sites for hydroxylation is 1. The smallest absolute Gasteiger partial charge is 0.222 e. The average Bonchev–Trinajstić information content (AvgIpc) is 3.17. The van der Waals surface area contributed by atoms with Crippen LogP contribution in [0.4, 0.5) is 5.95 Å². The predicted molar refractivity (Wildman–Crippen MR) is 104 cm³/mol. The molecule has 1 N–H and O–H groups in total. The van der Waals surface area contributed by atoms with Crippen LogP contribution in [0.2, 0.25) is 0 Å². The van der Waals surface area contributed by atoms with Crippen LogP contribution in [0.1, 0.15) is 42.1 Å². The molecule has 0 saturated heterocycles. The van der Waals surface area contributed by atoms with E-state index in [4.69, 9.17) is 9.47 Å². The lowest BCUT2D eigenvalue weighted by Gasteiger charge is -2.32. The van der Waals surface area contributed by atoms with Crippen LogP contribution < -0.4 is 14.8 Å². The molecule has 0 aliphatic carbocycles. The van der Waals surface area contributed by atoms with Gasteiger partial charge in [-0.15, -0.1) is 0 Å². The standard InChI is InChI=1S/C21H24N4O2/c1-4-27-19-10-9-16(11-20(19)26-3)18-12-17(15-7-5-14(2)6-8-15)24-21-22-13-23-25(18)21/h5-11,13,17-18H,4,12H2,1-3H3,(H,22,23,24)/t17-,18-/m0/s1. The van der Waals surface area contributed by atoms with E-state index in [2.05, 4.69) is 52.7 Å². The van der Waals surface area contributed by atoms with Gasteiger partial charge in [-0.1, -0.05) is 35.9 Å². The van der Waals surface area contributed by atoms with Crippen LogP contribution in [0.5, 0.6) is 11.5 Å². The van der Waals surface area contributed by atoms with Gasteiger partial charge in [0.2, 0.25) is 5.95 Å². The Hall–Kier alpha value is -3.02. The molecular formula is C21H24N4O2. The zero-order valence-electron chi connectivity index (χ0n) is 15.8. The molecule has 1 aliphatic heterocycles. The zero-order valence-corrected chi connectivity index (χ0v) is 15.8.